The van der Waals surface area contributed by atoms with Gasteiger partial charge in [0, 0.05) is 5.56 Å². The molecule has 2 aromatic rings. The zero-order valence-corrected chi connectivity index (χ0v) is 12.2. The number of ether oxygens (including phenoxy) is 1. The average molecular weight is 304 g/mol. The molecule has 1 saturated heterocycles. The van der Waals surface area contributed by atoms with Gasteiger partial charge >= 0.3 is 6.01 Å². The lowest BCUT2D eigenvalue weighted by Gasteiger charge is -1.98. The van der Waals surface area contributed by atoms with Crippen molar-refractivity contribution in [3.05, 3.63) is 24.3 Å². The molecule has 1 aromatic heterocycles. The van der Waals surface area contributed by atoms with E-state index < -0.39 is 0 Å². The molecule has 1 atom stereocenters. The number of amidine groups is 1. The van der Waals surface area contributed by atoms with Crippen LogP contribution in [0.25, 0.3) is 11.5 Å². The van der Waals surface area contributed by atoms with Crippen molar-refractivity contribution in [1.82, 2.24) is 15.5 Å². The van der Waals surface area contributed by atoms with Crippen LogP contribution in [0.1, 0.15) is 6.92 Å². The highest BCUT2D eigenvalue weighted by atomic mass is 32.2. The highest BCUT2D eigenvalue weighted by Gasteiger charge is 2.26. The van der Waals surface area contributed by atoms with Crippen LogP contribution < -0.4 is 10.1 Å². The van der Waals surface area contributed by atoms with Crippen LogP contribution in [0.2, 0.25) is 0 Å². The van der Waals surface area contributed by atoms with Gasteiger partial charge in [0.25, 0.3) is 0 Å². The summed E-state index contributed by atoms with van der Waals surface area (Å²) in [6.45, 7) is 1.80. The monoisotopic (exact) mass is 304 g/mol. The first kappa shape index (κ1) is 13.6. The predicted octanol–water partition coefficient (Wildman–Crippen LogP) is 1.98. The second kappa shape index (κ2) is 5.57. The predicted molar refractivity (Wildman–Crippen MR) is 78.6 cm³/mol. The number of benzene rings is 1. The van der Waals surface area contributed by atoms with Gasteiger partial charge in [0.2, 0.25) is 11.8 Å². The summed E-state index contributed by atoms with van der Waals surface area (Å²) in [6.07, 6.45) is 0. The molecule has 1 aliphatic rings. The fourth-order valence-corrected chi connectivity index (χ4v) is 2.50. The first-order valence-electron chi connectivity index (χ1n) is 6.20. The summed E-state index contributed by atoms with van der Waals surface area (Å²) in [7, 11) is 1.60. The van der Waals surface area contributed by atoms with Crippen molar-refractivity contribution in [3.63, 3.8) is 0 Å². The molecule has 1 amide bonds. The molecule has 0 radical (unpaired) electrons. The van der Waals surface area contributed by atoms with E-state index in [0.29, 0.717) is 11.1 Å². The van der Waals surface area contributed by atoms with Crippen LogP contribution in [0.3, 0.4) is 0 Å². The minimum atomic E-state index is -0.160. The molecule has 1 unspecified atom stereocenters. The number of methoxy groups -OCH3 is 1. The van der Waals surface area contributed by atoms with Crippen molar-refractivity contribution in [3.8, 4) is 17.2 Å². The third-order valence-electron chi connectivity index (χ3n) is 2.84. The van der Waals surface area contributed by atoms with Crippen LogP contribution in [-0.4, -0.2) is 33.6 Å². The van der Waals surface area contributed by atoms with Crippen LogP contribution in [0.15, 0.2) is 33.7 Å². The van der Waals surface area contributed by atoms with E-state index in [9.17, 15) is 4.79 Å². The number of thioether (sulfide) groups is 1. The van der Waals surface area contributed by atoms with Crippen molar-refractivity contribution >= 4 is 28.9 Å². The van der Waals surface area contributed by atoms with E-state index >= 15 is 0 Å². The molecule has 0 saturated carbocycles. The lowest BCUT2D eigenvalue weighted by Crippen LogP contribution is -2.23. The maximum Gasteiger partial charge on any atom is 0.345 e. The number of aliphatic imine (C=N–C) groups is 1. The SMILES string of the molecule is COc1ccc(-c2nnc(/N=C3/NC(=O)C(C)S3)o2)cc1. The first-order chi connectivity index (χ1) is 10.2. The molecule has 3 rings (SSSR count). The van der Waals surface area contributed by atoms with Crippen LogP contribution in [0, 0.1) is 0 Å². The van der Waals surface area contributed by atoms with Crippen molar-refractivity contribution in [2.24, 2.45) is 4.99 Å². The molecule has 0 spiro atoms. The van der Waals surface area contributed by atoms with E-state index in [1.807, 2.05) is 12.1 Å². The van der Waals surface area contributed by atoms with Crippen molar-refractivity contribution in [2.45, 2.75) is 12.2 Å². The molecule has 1 aliphatic heterocycles. The standard InChI is InChI=1S/C13H12N4O3S/c1-7-10(18)14-13(21-7)15-12-17-16-11(20-12)8-3-5-9(19-2)6-4-8/h3-7H,1-2H3,(H,14,15,17,18). The van der Waals surface area contributed by atoms with Gasteiger partial charge in [0.05, 0.1) is 12.4 Å². The van der Waals surface area contributed by atoms with E-state index in [0.717, 1.165) is 11.3 Å². The second-order valence-electron chi connectivity index (χ2n) is 4.28. The van der Waals surface area contributed by atoms with Gasteiger partial charge in [-0.1, -0.05) is 16.9 Å². The molecule has 7 nitrogen and oxygen atoms in total. The highest BCUT2D eigenvalue weighted by Crippen LogP contribution is 2.25. The Labute approximate surface area is 124 Å². The molecule has 2 heterocycles. The van der Waals surface area contributed by atoms with Gasteiger partial charge in [0.15, 0.2) is 5.17 Å². The highest BCUT2D eigenvalue weighted by molar-refractivity contribution is 8.15. The Bertz CT molecular complexity index is 696. The van der Waals surface area contributed by atoms with E-state index in [1.54, 1.807) is 26.2 Å². The maximum atomic E-state index is 11.4. The van der Waals surface area contributed by atoms with Crippen LogP contribution >= 0.6 is 11.8 Å². The molecule has 0 bridgehead atoms. The summed E-state index contributed by atoms with van der Waals surface area (Å²) in [5.74, 6) is 1.03. The molecule has 1 N–H and O–H groups in total. The summed E-state index contributed by atoms with van der Waals surface area (Å²) < 4.78 is 10.5. The number of carbonyl (C=O) groups is 1. The normalized spacial score (nSPS) is 19.8. The number of hydrogen-bond acceptors (Lipinski definition) is 7. The maximum absolute atomic E-state index is 11.4. The number of nitrogens with zero attached hydrogens (tertiary/aromatic N) is 3. The topological polar surface area (TPSA) is 89.6 Å². The van der Waals surface area contributed by atoms with Gasteiger partial charge in [-0.25, -0.2) is 0 Å². The third-order valence-corrected chi connectivity index (χ3v) is 3.82. The fourth-order valence-electron chi connectivity index (χ4n) is 1.71. The van der Waals surface area contributed by atoms with Gasteiger partial charge in [0.1, 0.15) is 5.75 Å². The van der Waals surface area contributed by atoms with E-state index in [2.05, 4.69) is 20.5 Å². The third kappa shape index (κ3) is 2.89. The summed E-state index contributed by atoms with van der Waals surface area (Å²) in [6, 6.07) is 7.35. The van der Waals surface area contributed by atoms with Crippen LogP contribution in [0.4, 0.5) is 6.01 Å². The molecule has 108 valence electrons. The Kier molecular flexibility index (Phi) is 3.61. The second-order valence-corrected chi connectivity index (χ2v) is 5.61. The molecule has 21 heavy (non-hydrogen) atoms. The zero-order chi connectivity index (χ0) is 14.8. The number of nitrogens with one attached hydrogen (secondary N) is 1. The molecule has 1 aromatic carbocycles. The number of rotatable bonds is 3. The minimum Gasteiger partial charge on any atom is -0.497 e. The Hall–Kier alpha value is -2.35. The smallest absolute Gasteiger partial charge is 0.345 e. The van der Waals surface area contributed by atoms with E-state index in [4.69, 9.17) is 9.15 Å². The van der Waals surface area contributed by atoms with Crippen LogP contribution in [-0.2, 0) is 4.79 Å². The lowest BCUT2D eigenvalue weighted by atomic mass is 10.2. The molecule has 0 aliphatic carbocycles. The van der Waals surface area contributed by atoms with Crippen LogP contribution in [0.5, 0.6) is 5.75 Å². The summed E-state index contributed by atoms with van der Waals surface area (Å²) in [5.41, 5.74) is 0.770. The number of amides is 1. The van der Waals surface area contributed by atoms with Gasteiger partial charge < -0.3 is 14.5 Å². The number of aromatic nitrogens is 2. The van der Waals surface area contributed by atoms with Crippen molar-refractivity contribution < 1.29 is 13.9 Å². The van der Waals surface area contributed by atoms with Gasteiger partial charge in [-0.2, -0.15) is 4.99 Å². The summed E-state index contributed by atoms with van der Waals surface area (Å²) in [5, 5.41) is 10.7. The molecule has 1 fully saturated rings. The average Bonchev–Trinajstić information content (AvgIpc) is 3.07. The van der Waals surface area contributed by atoms with Gasteiger partial charge in [-0.15, -0.1) is 5.10 Å². The molecular weight excluding hydrogens is 292 g/mol. The Morgan fingerprint density at radius 2 is 2.10 bits per heavy atom. The Morgan fingerprint density at radius 3 is 2.71 bits per heavy atom. The largest absolute Gasteiger partial charge is 0.497 e. The molecular formula is C13H12N4O3S. The van der Waals surface area contributed by atoms with E-state index in [-0.39, 0.29) is 17.2 Å². The lowest BCUT2D eigenvalue weighted by molar-refractivity contribution is -0.118. The van der Waals surface area contributed by atoms with E-state index in [1.165, 1.54) is 11.8 Å². The Morgan fingerprint density at radius 1 is 1.33 bits per heavy atom. The van der Waals surface area contributed by atoms with Crippen molar-refractivity contribution in [2.75, 3.05) is 7.11 Å². The zero-order valence-electron chi connectivity index (χ0n) is 11.4. The van der Waals surface area contributed by atoms with Crippen molar-refractivity contribution in [1.29, 1.82) is 0 Å². The van der Waals surface area contributed by atoms with Gasteiger partial charge in [-0.05, 0) is 31.2 Å². The van der Waals surface area contributed by atoms with Gasteiger partial charge in [-0.3, -0.25) is 4.79 Å². The quantitative estimate of drug-likeness (QED) is 0.932. The minimum absolute atomic E-state index is 0.0753. The fraction of sp³-hybridized carbons (Fsp3) is 0.231. The molecule has 8 heteroatoms. The Balaban J connectivity index is 1.80. The first-order valence-corrected chi connectivity index (χ1v) is 7.08. The summed E-state index contributed by atoms with van der Waals surface area (Å²) in [4.78, 5) is 15.5. The number of carbonyl (C=O) groups excluding carboxylic acids is 1. The summed E-state index contributed by atoms with van der Waals surface area (Å²) >= 11 is 1.32. The number of hydrogen-bond donors (Lipinski definition) is 1.